The summed E-state index contributed by atoms with van der Waals surface area (Å²) in [5.41, 5.74) is 3.48. The maximum absolute atomic E-state index is 12.3. The maximum atomic E-state index is 12.3. The highest BCUT2D eigenvalue weighted by molar-refractivity contribution is 5.92. The largest absolute Gasteiger partial charge is 0.372 e. The van der Waals surface area contributed by atoms with Gasteiger partial charge in [0.05, 0.1) is 0 Å². The van der Waals surface area contributed by atoms with Gasteiger partial charge in [-0.1, -0.05) is 30.3 Å². The Labute approximate surface area is 138 Å². The van der Waals surface area contributed by atoms with Gasteiger partial charge in [-0.3, -0.25) is 4.79 Å². The van der Waals surface area contributed by atoms with Crippen LogP contribution in [-0.2, 0) is 11.2 Å². The number of nitrogens with zero attached hydrogens (tertiary/aromatic N) is 2. The van der Waals surface area contributed by atoms with E-state index in [4.69, 9.17) is 0 Å². The van der Waals surface area contributed by atoms with Gasteiger partial charge in [-0.25, -0.2) is 0 Å². The Hall–Kier alpha value is -2.29. The van der Waals surface area contributed by atoms with Gasteiger partial charge in [-0.05, 0) is 49.1 Å². The third-order valence-corrected chi connectivity index (χ3v) is 4.55. The summed E-state index contributed by atoms with van der Waals surface area (Å²) in [6.45, 7) is 2.33. The molecule has 0 atom stereocenters. The Morgan fingerprint density at radius 3 is 2.30 bits per heavy atom. The monoisotopic (exact) mass is 308 g/mol. The summed E-state index contributed by atoms with van der Waals surface area (Å²) in [5.74, 6) is 0.153. The molecule has 2 aromatic carbocycles. The predicted octanol–water partition coefficient (Wildman–Crippen LogP) is 3.88. The van der Waals surface area contributed by atoms with Gasteiger partial charge in [-0.2, -0.15) is 0 Å². The average molecular weight is 308 g/mol. The molecule has 1 fully saturated rings. The van der Waals surface area contributed by atoms with Crippen molar-refractivity contribution in [1.29, 1.82) is 0 Å². The second kappa shape index (κ2) is 7.32. The van der Waals surface area contributed by atoms with E-state index in [1.165, 1.54) is 37.2 Å². The number of para-hydroxylation sites is 1. The van der Waals surface area contributed by atoms with Crippen LogP contribution in [0.15, 0.2) is 54.6 Å². The van der Waals surface area contributed by atoms with E-state index in [1.807, 2.05) is 37.4 Å². The minimum absolute atomic E-state index is 0.153. The number of benzene rings is 2. The molecule has 0 radical (unpaired) electrons. The number of carbonyl (C=O) groups excluding carboxylic acids is 1. The molecule has 0 aliphatic carbocycles. The van der Waals surface area contributed by atoms with Crippen molar-refractivity contribution in [2.75, 3.05) is 29.9 Å². The molecule has 3 heteroatoms. The highest BCUT2D eigenvalue weighted by Crippen LogP contribution is 2.21. The van der Waals surface area contributed by atoms with Crippen molar-refractivity contribution in [3.05, 3.63) is 60.2 Å². The van der Waals surface area contributed by atoms with Gasteiger partial charge >= 0.3 is 0 Å². The Bertz CT molecular complexity index is 630. The van der Waals surface area contributed by atoms with Crippen molar-refractivity contribution in [2.45, 2.75) is 25.7 Å². The third-order valence-electron chi connectivity index (χ3n) is 4.55. The van der Waals surface area contributed by atoms with Crippen molar-refractivity contribution < 1.29 is 4.79 Å². The average Bonchev–Trinajstić information content (AvgIpc) is 3.15. The number of hydrogen-bond donors (Lipinski definition) is 0. The van der Waals surface area contributed by atoms with Crippen molar-refractivity contribution in [3.63, 3.8) is 0 Å². The Morgan fingerprint density at radius 2 is 1.65 bits per heavy atom. The predicted molar refractivity (Wildman–Crippen MR) is 96.1 cm³/mol. The quantitative estimate of drug-likeness (QED) is 0.837. The zero-order valence-electron chi connectivity index (χ0n) is 13.7. The summed E-state index contributed by atoms with van der Waals surface area (Å²) in [6.07, 6.45) is 3.91. The van der Waals surface area contributed by atoms with Crippen LogP contribution in [0.5, 0.6) is 0 Å². The molecule has 2 aromatic rings. The maximum Gasteiger partial charge on any atom is 0.227 e. The molecule has 0 aromatic heterocycles. The van der Waals surface area contributed by atoms with Crippen LogP contribution in [0.4, 0.5) is 11.4 Å². The van der Waals surface area contributed by atoms with E-state index in [9.17, 15) is 4.79 Å². The van der Waals surface area contributed by atoms with E-state index in [-0.39, 0.29) is 5.91 Å². The molecular weight excluding hydrogens is 284 g/mol. The smallest absolute Gasteiger partial charge is 0.227 e. The van der Waals surface area contributed by atoms with Crippen LogP contribution in [-0.4, -0.2) is 26.0 Å². The number of carbonyl (C=O) groups is 1. The van der Waals surface area contributed by atoms with Crippen molar-refractivity contribution in [3.8, 4) is 0 Å². The molecular formula is C20H24N2O. The Kier molecular flexibility index (Phi) is 4.96. The standard InChI is InChI=1S/C20H24N2O/c1-21(18-7-3-2-4-8-18)20(23)14-11-17-9-12-19(13-10-17)22-15-5-6-16-22/h2-4,7-10,12-13H,5-6,11,14-16H2,1H3. The van der Waals surface area contributed by atoms with Crippen LogP contribution < -0.4 is 9.80 Å². The summed E-state index contributed by atoms with van der Waals surface area (Å²) in [5, 5.41) is 0. The highest BCUT2D eigenvalue weighted by Gasteiger charge is 2.13. The lowest BCUT2D eigenvalue weighted by atomic mass is 10.1. The van der Waals surface area contributed by atoms with Crippen LogP contribution in [0.1, 0.15) is 24.8 Å². The summed E-state index contributed by atoms with van der Waals surface area (Å²) in [7, 11) is 1.84. The van der Waals surface area contributed by atoms with Gasteiger partial charge in [0.1, 0.15) is 0 Å². The van der Waals surface area contributed by atoms with Crippen LogP contribution in [0.3, 0.4) is 0 Å². The molecule has 1 aliphatic rings. The first-order valence-electron chi connectivity index (χ1n) is 8.39. The number of anilines is 2. The molecule has 0 saturated carbocycles. The zero-order valence-corrected chi connectivity index (χ0v) is 13.7. The molecule has 0 spiro atoms. The molecule has 23 heavy (non-hydrogen) atoms. The van der Waals surface area contributed by atoms with E-state index in [0.717, 1.165) is 12.1 Å². The van der Waals surface area contributed by atoms with Crippen LogP contribution >= 0.6 is 0 Å². The van der Waals surface area contributed by atoms with Gasteiger partial charge < -0.3 is 9.80 Å². The van der Waals surface area contributed by atoms with Gasteiger partial charge in [0.15, 0.2) is 0 Å². The molecule has 1 saturated heterocycles. The normalized spacial score (nSPS) is 14.0. The number of rotatable bonds is 5. The van der Waals surface area contributed by atoms with Gasteiger partial charge in [0.2, 0.25) is 5.91 Å². The zero-order chi connectivity index (χ0) is 16.1. The lowest BCUT2D eigenvalue weighted by Crippen LogP contribution is -2.26. The number of aryl methyl sites for hydroxylation is 1. The van der Waals surface area contributed by atoms with Crippen molar-refractivity contribution >= 4 is 17.3 Å². The first-order chi connectivity index (χ1) is 11.2. The van der Waals surface area contributed by atoms with E-state index in [1.54, 1.807) is 4.90 Å². The first kappa shape index (κ1) is 15.6. The molecule has 0 bridgehead atoms. The van der Waals surface area contributed by atoms with Gasteiger partial charge in [-0.15, -0.1) is 0 Å². The molecule has 120 valence electrons. The minimum Gasteiger partial charge on any atom is -0.372 e. The second-order valence-corrected chi connectivity index (χ2v) is 6.15. The van der Waals surface area contributed by atoms with Crippen molar-refractivity contribution in [1.82, 2.24) is 0 Å². The molecule has 0 N–H and O–H groups in total. The number of hydrogen-bond acceptors (Lipinski definition) is 2. The lowest BCUT2D eigenvalue weighted by Gasteiger charge is -2.18. The molecule has 1 heterocycles. The minimum atomic E-state index is 0.153. The van der Waals surface area contributed by atoms with Crippen LogP contribution in [0, 0.1) is 0 Å². The third kappa shape index (κ3) is 3.92. The summed E-state index contributed by atoms with van der Waals surface area (Å²) in [6, 6.07) is 18.5. The van der Waals surface area contributed by atoms with Crippen LogP contribution in [0.2, 0.25) is 0 Å². The van der Waals surface area contributed by atoms with E-state index >= 15 is 0 Å². The molecule has 1 aliphatic heterocycles. The first-order valence-corrected chi connectivity index (χ1v) is 8.39. The fourth-order valence-corrected chi connectivity index (χ4v) is 3.06. The van der Waals surface area contributed by atoms with Gasteiger partial charge in [0, 0.05) is 37.9 Å². The molecule has 1 amide bonds. The topological polar surface area (TPSA) is 23.6 Å². The fourth-order valence-electron chi connectivity index (χ4n) is 3.06. The molecule has 3 nitrogen and oxygen atoms in total. The summed E-state index contributed by atoms with van der Waals surface area (Å²) >= 11 is 0. The van der Waals surface area contributed by atoms with E-state index in [0.29, 0.717) is 6.42 Å². The van der Waals surface area contributed by atoms with Crippen LogP contribution in [0.25, 0.3) is 0 Å². The Morgan fingerprint density at radius 1 is 1.00 bits per heavy atom. The lowest BCUT2D eigenvalue weighted by molar-refractivity contribution is -0.118. The highest BCUT2D eigenvalue weighted by atomic mass is 16.2. The van der Waals surface area contributed by atoms with Gasteiger partial charge in [0.25, 0.3) is 0 Å². The van der Waals surface area contributed by atoms with E-state index < -0.39 is 0 Å². The molecule has 3 rings (SSSR count). The van der Waals surface area contributed by atoms with E-state index in [2.05, 4.69) is 29.2 Å². The number of amides is 1. The second-order valence-electron chi connectivity index (χ2n) is 6.15. The van der Waals surface area contributed by atoms with Crippen molar-refractivity contribution in [2.24, 2.45) is 0 Å². The Balaban J connectivity index is 1.54. The fraction of sp³-hybridized carbons (Fsp3) is 0.350. The summed E-state index contributed by atoms with van der Waals surface area (Å²) < 4.78 is 0. The molecule has 0 unspecified atom stereocenters. The summed E-state index contributed by atoms with van der Waals surface area (Å²) in [4.78, 5) is 16.5. The SMILES string of the molecule is CN(C(=O)CCc1ccc(N2CCCC2)cc1)c1ccccc1.